The number of nitriles is 1. The van der Waals surface area contributed by atoms with E-state index in [1.54, 1.807) is 12.1 Å². The lowest BCUT2D eigenvalue weighted by molar-refractivity contribution is 0.0361. The molecule has 0 unspecified atom stereocenters. The number of hydrogen-bond acceptors (Lipinski definition) is 2. The molecule has 1 aromatic carbocycles. The first-order chi connectivity index (χ1) is 13.7. The predicted molar refractivity (Wildman–Crippen MR) is 112 cm³/mol. The third-order valence-corrected chi connectivity index (χ3v) is 6.95. The Labute approximate surface area is 170 Å². The van der Waals surface area contributed by atoms with E-state index in [4.69, 9.17) is 10.00 Å². The lowest BCUT2D eigenvalue weighted by Crippen LogP contribution is -2.37. The second kappa shape index (κ2) is 10.8. The average Bonchev–Trinajstić information content (AvgIpc) is 2.73. The molecule has 0 heterocycles. The molecule has 154 valence electrons. The van der Waals surface area contributed by atoms with Crippen LogP contribution in [-0.4, -0.2) is 6.10 Å². The normalized spacial score (nSPS) is 21.4. The van der Waals surface area contributed by atoms with Crippen molar-refractivity contribution < 1.29 is 9.13 Å². The Balaban J connectivity index is 0.000000391. The largest absolute Gasteiger partial charge is 0.487 e. The van der Waals surface area contributed by atoms with E-state index in [0.717, 1.165) is 5.92 Å². The predicted octanol–water partition coefficient (Wildman–Crippen LogP) is 7.41. The average molecular weight is 386 g/mol. The molecule has 2 nitrogen and oxygen atoms in total. The first-order valence-corrected chi connectivity index (χ1v) is 11.5. The zero-order valence-electron chi connectivity index (χ0n) is 17.5. The maximum atomic E-state index is 14.3. The highest BCUT2D eigenvalue weighted by Crippen LogP contribution is 2.38. The number of hydrogen-bond donors (Lipinski definition) is 0. The molecule has 3 saturated carbocycles. The number of benzene rings is 1. The first kappa shape index (κ1) is 21.2. The monoisotopic (exact) mass is 385 g/mol. The van der Waals surface area contributed by atoms with Gasteiger partial charge in [0.15, 0.2) is 11.6 Å². The minimum atomic E-state index is -0.402. The Morgan fingerprint density at radius 1 is 0.893 bits per heavy atom. The Kier molecular flexibility index (Phi) is 8.19. The fourth-order valence-corrected chi connectivity index (χ4v) is 4.93. The molecule has 0 aliphatic heterocycles. The molecule has 3 aliphatic rings. The van der Waals surface area contributed by atoms with Gasteiger partial charge in [0, 0.05) is 0 Å². The Hall–Kier alpha value is -1.56. The topological polar surface area (TPSA) is 33.0 Å². The van der Waals surface area contributed by atoms with Crippen molar-refractivity contribution in [2.45, 2.75) is 96.5 Å². The Bertz CT molecular complexity index is 618. The van der Waals surface area contributed by atoms with Gasteiger partial charge in [0.25, 0.3) is 0 Å². The van der Waals surface area contributed by atoms with Gasteiger partial charge in [-0.05, 0) is 61.6 Å². The highest BCUT2D eigenvalue weighted by molar-refractivity contribution is 5.36. The van der Waals surface area contributed by atoms with Crippen LogP contribution in [0.15, 0.2) is 18.2 Å². The molecule has 0 spiro atoms. The summed E-state index contributed by atoms with van der Waals surface area (Å²) in [5.74, 6) is 2.10. The first-order valence-electron chi connectivity index (χ1n) is 11.5. The van der Waals surface area contributed by atoms with E-state index < -0.39 is 5.82 Å². The summed E-state index contributed by atoms with van der Waals surface area (Å²) < 4.78 is 20.5. The number of halogens is 1. The van der Waals surface area contributed by atoms with Gasteiger partial charge in [0.05, 0.1) is 11.6 Å². The molecule has 3 fully saturated rings. The van der Waals surface area contributed by atoms with Crippen molar-refractivity contribution in [2.75, 3.05) is 0 Å². The van der Waals surface area contributed by atoms with Crippen molar-refractivity contribution in [1.82, 2.24) is 0 Å². The molecule has 4 rings (SSSR count). The Morgan fingerprint density at radius 2 is 1.43 bits per heavy atom. The molecule has 3 heteroatoms. The van der Waals surface area contributed by atoms with Crippen LogP contribution in [0.4, 0.5) is 4.39 Å². The van der Waals surface area contributed by atoms with Crippen molar-refractivity contribution in [1.29, 1.82) is 5.26 Å². The zero-order chi connectivity index (χ0) is 19.8. The van der Waals surface area contributed by atoms with Gasteiger partial charge in [0.1, 0.15) is 6.10 Å². The minimum Gasteiger partial charge on any atom is -0.487 e. The van der Waals surface area contributed by atoms with Gasteiger partial charge < -0.3 is 4.74 Å². The highest BCUT2D eigenvalue weighted by Gasteiger charge is 2.33. The van der Waals surface area contributed by atoms with E-state index in [9.17, 15) is 4.39 Å². The van der Waals surface area contributed by atoms with Gasteiger partial charge in [-0.25, -0.2) is 4.39 Å². The van der Waals surface area contributed by atoms with Crippen LogP contribution in [0.25, 0.3) is 0 Å². The summed E-state index contributed by atoms with van der Waals surface area (Å²) in [6.45, 7) is 2.31. The van der Waals surface area contributed by atoms with Crippen LogP contribution in [0.2, 0.25) is 0 Å². The fraction of sp³-hybridized carbons (Fsp3) is 0.720. The maximum absolute atomic E-state index is 14.3. The summed E-state index contributed by atoms with van der Waals surface area (Å²) in [5, 5.41) is 8.89. The summed E-state index contributed by atoms with van der Waals surface area (Å²) in [6.07, 6.45) is 17.1. The zero-order valence-corrected chi connectivity index (χ0v) is 17.5. The summed E-state index contributed by atoms with van der Waals surface area (Å²) in [7, 11) is 0. The summed E-state index contributed by atoms with van der Waals surface area (Å²) >= 11 is 0. The smallest absolute Gasteiger partial charge is 0.166 e. The van der Waals surface area contributed by atoms with Crippen LogP contribution in [0.1, 0.15) is 96.0 Å². The van der Waals surface area contributed by atoms with E-state index in [1.807, 2.05) is 6.07 Å². The van der Waals surface area contributed by atoms with Crippen molar-refractivity contribution in [3.05, 3.63) is 29.6 Å². The fourth-order valence-electron chi connectivity index (χ4n) is 4.93. The van der Waals surface area contributed by atoms with Gasteiger partial charge in [-0.1, -0.05) is 64.7 Å². The highest BCUT2D eigenvalue weighted by atomic mass is 19.1. The number of rotatable bonds is 4. The quantitative estimate of drug-likeness (QED) is 0.540. The van der Waals surface area contributed by atoms with E-state index in [-0.39, 0.29) is 6.10 Å². The lowest BCUT2D eigenvalue weighted by atomic mass is 9.75. The van der Waals surface area contributed by atoms with E-state index in [2.05, 4.69) is 6.92 Å². The molecule has 0 bridgehead atoms. The molecule has 0 amide bonds. The molecule has 0 saturated heterocycles. The summed E-state index contributed by atoms with van der Waals surface area (Å²) in [4.78, 5) is 0. The molecule has 1 aromatic rings. The van der Waals surface area contributed by atoms with Crippen molar-refractivity contribution >= 4 is 0 Å². The van der Waals surface area contributed by atoms with Crippen LogP contribution >= 0.6 is 0 Å². The molecule has 0 N–H and O–H groups in total. The summed E-state index contributed by atoms with van der Waals surface area (Å²) in [6, 6.07) is 6.55. The van der Waals surface area contributed by atoms with Crippen molar-refractivity contribution in [3.8, 4) is 11.8 Å². The molecular formula is C25H36FNO. The van der Waals surface area contributed by atoms with Crippen molar-refractivity contribution in [3.63, 3.8) is 0 Å². The molecule has 0 atom stereocenters. The molecule has 0 radical (unpaired) electrons. The van der Waals surface area contributed by atoms with Crippen LogP contribution in [0.3, 0.4) is 0 Å². The minimum absolute atomic E-state index is 0.137. The van der Waals surface area contributed by atoms with Gasteiger partial charge >= 0.3 is 0 Å². The van der Waals surface area contributed by atoms with E-state index in [0.29, 0.717) is 23.1 Å². The van der Waals surface area contributed by atoms with Crippen LogP contribution in [0.5, 0.6) is 5.75 Å². The van der Waals surface area contributed by atoms with Gasteiger partial charge in [-0.3, -0.25) is 0 Å². The second-order valence-electron chi connectivity index (χ2n) is 9.17. The van der Waals surface area contributed by atoms with Gasteiger partial charge in [0.2, 0.25) is 0 Å². The third-order valence-electron chi connectivity index (χ3n) is 6.95. The molecule has 3 aliphatic carbocycles. The standard InChI is InChI=1S/C20H26FNO.C5H10/c21-18-13-15(14-22)11-12-19(18)23-20(16-7-3-1-4-8-16)17-9-5-2-6-10-17;1-5-3-2-4-5/h11-13,16-17,20H,1-10H2;5H,2-4H2,1H3. The number of nitrogens with zero attached hydrogens (tertiary/aromatic N) is 1. The SMILES string of the molecule is CC1CCC1.N#Cc1ccc(OC(C2CCCCC2)C2CCCCC2)c(F)c1. The maximum Gasteiger partial charge on any atom is 0.166 e. The third kappa shape index (κ3) is 5.97. The molecule has 0 aromatic heterocycles. The van der Waals surface area contributed by atoms with Crippen LogP contribution in [-0.2, 0) is 0 Å². The number of ether oxygens (including phenoxy) is 1. The van der Waals surface area contributed by atoms with Crippen LogP contribution in [0, 0.1) is 34.9 Å². The van der Waals surface area contributed by atoms with E-state index in [1.165, 1.54) is 89.5 Å². The lowest BCUT2D eigenvalue weighted by Gasteiger charge is -2.37. The van der Waals surface area contributed by atoms with E-state index >= 15 is 0 Å². The van der Waals surface area contributed by atoms with Crippen LogP contribution < -0.4 is 4.74 Å². The van der Waals surface area contributed by atoms with Gasteiger partial charge in [-0.15, -0.1) is 0 Å². The second-order valence-corrected chi connectivity index (χ2v) is 9.17. The Morgan fingerprint density at radius 3 is 1.82 bits per heavy atom. The molecular weight excluding hydrogens is 349 g/mol. The summed E-state index contributed by atoms with van der Waals surface area (Å²) in [5.41, 5.74) is 0.349. The van der Waals surface area contributed by atoms with Crippen molar-refractivity contribution in [2.24, 2.45) is 17.8 Å². The molecule has 28 heavy (non-hydrogen) atoms. The van der Waals surface area contributed by atoms with Gasteiger partial charge in [-0.2, -0.15) is 5.26 Å².